The zero-order valence-electron chi connectivity index (χ0n) is 19.6. The minimum absolute atomic E-state index is 0.0514. The lowest BCUT2D eigenvalue weighted by Crippen LogP contribution is -2.48. The molecule has 0 saturated carbocycles. The first-order valence-electron chi connectivity index (χ1n) is 11.9. The summed E-state index contributed by atoms with van der Waals surface area (Å²) < 4.78 is 0. The van der Waals surface area contributed by atoms with E-state index in [9.17, 15) is 4.79 Å². The van der Waals surface area contributed by atoms with Crippen LogP contribution in [-0.4, -0.2) is 67.7 Å². The molecule has 2 aliphatic rings. The van der Waals surface area contributed by atoms with Crippen LogP contribution < -0.4 is 15.5 Å². The number of nitrogens with one attached hydrogen (secondary N) is 2. The lowest BCUT2D eigenvalue weighted by molar-refractivity contribution is 0.191. The first-order chi connectivity index (χ1) is 16.0. The molecule has 4 rings (SSSR count). The molecule has 1 atom stereocenters. The van der Waals surface area contributed by atoms with Crippen LogP contribution in [0.25, 0.3) is 0 Å². The third-order valence-corrected chi connectivity index (χ3v) is 6.62. The first-order valence-corrected chi connectivity index (χ1v) is 11.9. The van der Waals surface area contributed by atoms with Crippen LogP contribution in [0.4, 0.5) is 16.2 Å². The largest absolute Gasteiger partial charge is 0.382 e. The fourth-order valence-corrected chi connectivity index (χ4v) is 4.65. The molecule has 2 fully saturated rings. The van der Waals surface area contributed by atoms with Crippen LogP contribution in [0.3, 0.4) is 0 Å². The van der Waals surface area contributed by atoms with Gasteiger partial charge in [0.15, 0.2) is 0 Å². The quantitative estimate of drug-likeness (QED) is 0.736. The van der Waals surface area contributed by atoms with Gasteiger partial charge >= 0.3 is 6.03 Å². The van der Waals surface area contributed by atoms with E-state index in [2.05, 4.69) is 52.8 Å². The molecule has 2 heterocycles. The topological polar surface area (TPSA) is 74.6 Å². The average molecular weight is 447 g/mol. The lowest BCUT2D eigenvalue weighted by Gasteiger charge is -2.35. The van der Waals surface area contributed by atoms with Crippen LogP contribution in [-0.2, 0) is 6.54 Å². The summed E-state index contributed by atoms with van der Waals surface area (Å²) >= 11 is 0. The Morgan fingerprint density at radius 1 is 1.12 bits per heavy atom. The fourth-order valence-electron chi connectivity index (χ4n) is 4.65. The highest BCUT2D eigenvalue weighted by Gasteiger charge is 2.25. The van der Waals surface area contributed by atoms with Crippen LogP contribution in [0.15, 0.2) is 48.5 Å². The Morgan fingerprint density at radius 3 is 2.45 bits per heavy atom. The maximum atomic E-state index is 13.1. The van der Waals surface area contributed by atoms with E-state index in [1.54, 1.807) is 4.90 Å². The summed E-state index contributed by atoms with van der Waals surface area (Å²) in [5.74, 6) is 0. The predicted octanol–water partition coefficient (Wildman–Crippen LogP) is 3.48. The second-order valence-electron chi connectivity index (χ2n) is 9.19. The average Bonchev–Trinajstić information content (AvgIpc) is 2.85. The predicted molar refractivity (Wildman–Crippen MR) is 132 cm³/mol. The Labute approximate surface area is 197 Å². The molecule has 0 spiro atoms. The number of nitrogens with zero attached hydrogens (tertiary/aromatic N) is 4. The van der Waals surface area contributed by atoms with Crippen molar-refractivity contribution in [2.24, 2.45) is 0 Å². The summed E-state index contributed by atoms with van der Waals surface area (Å²) in [6.45, 7) is 7.81. The normalized spacial score (nSPS) is 19.7. The summed E-state index contributed by atoms with van der Waals surface area (Å²) in [7, 11) is 1.86. The Hall–Kier alpha value is -3.08. The van der Waals surface area contributed by atoms with Crippen molar-refractivity contribution in [2.45, 2.75) is 38.4 Å². The smallest absolute Gasteiger partial charge is 0.324 e. The van der Waals surface area contributed by atoms with Gasteiger partial charge in [0.05, 0.1) is 11.6 Å². The van der Waals surface area contributed by atoms with Gasteiger partial charge in [-0.25, -0.2) is 4.79 Å². The molecule has 0 radical (unpaired) electrons. The Bertz CT molecular complexity index is 960. The molecule has 174 valence electrons. The molecule has 33 heavy (non-hydrogen) atoms. The van der Waals surface area contributed by atoms with E-state index < -0.39 is 0 Å². The molecule has 0 unspecified atom stereocenters. The van der Waals surface area contributed by atoms with Crippen molar-refractivity contribution < 1.29 is 4.79 Å². The van der Waals surface area contributed by atoms with Gasteiger partial charge in [0.1, 0.15) is 0 Å². The van der Waals surface area contributed by atoms with Crippen molar-refractivity contribution in [1.29, 1.82) is 5.26 Å². The van der Waals surface area contributed by atoms with Crippen LogP contribution >= 0.6 is 0 Å². The molecule has 2 saturated heterocycles. The lowest BCUT2D eigenvalue weighted by atomic mass is 10.0. The maximum absolute atomic E-state index is 13.1. The standard InChI is InChI=1S/C26H34N6O/c1-20-18-31(16-13-28-20)19-22-5-9-25(10-6-22)30(2)26(33)32-14-11-24(12-15-32)29-23-7-3-21(17-27)4-8-23/h3-10,20,24,28-29H,11-16,18-19H2,1-2H3/t20-/m0/s1. The molecule has 7 nitrogen and oxygen atoms in total. The van der Waals surface area contributed by atoms with Crippen LogP contribution in [0.2, 0.25) is 0 Å². The van der Waals surface area contributed by atoms with Crippen LogP contribution in [0, 0.1) is 11.3 Å². The van der Waals surface area contributed by atoms with Gasteiger partial charge in [-0.3, -0.25) is 9.80 Å². The zero-order valence-corrected chi connectivity index (χ0v) is 19.6. The van der Waals surface area contributed by atoms with Crippen LogP contribution in [0.5, 0.6) is 0 Å². The molecule has 2 N–H and O–H groups in total. The maximum Gasteiger partial charge on any atom is 0.324 e. The molecule has 0 aliphatic carbocycles. The molecule has 7 heteroatoms. The minimum Gasteiger partial charge on any atom is -0.382 e. The molecule has 2 amide bonds. The van der Waals surface area contributed by atoms with Crippen molar-refractivity contribution in [3.05, 3.63) is 59.7 Å². The number of nitriles is 1. The monoisotopic (exact) mass is 446 g/mol. The second kappa shape index (κ2) is 10.7. The molecule has 0 bridgehead atoms. The van der Waals surface area contributed by atoms with E-state index in [-0.39, 0.29) is 6.03 Å². The van der Waals surface area contributed by atoms with Crippen molar-refractivity contribution in [1.82, 2.24) is 15.1 Å². The third-order valence-electron chi connectivity index (χ3n) is 6.62. The van der Waals surface area contributed by atoms with E-state index >= 15 is 0 Å². The number of carbonyl (C=O) groups excluding carboxylic acids is 1. The van der Waals surface area contributed by atoms with Gasteiger partial charge in [0.2, 0.25) is 0 Å². The number of piperidine rings is 1. The van der Waals surface area contributed by atoms with E-state index in [0.717, 1.165) is 63.5 Å². The van der Waals surface area contributed by atoms with Crippen molar-refractivity contribution >= 4 is 17.4 Å². The number of anilines is 2. The van der Waals surface area contributed by atoms with Crippen molar-refractivity contribution in [3.63, 3.8) is 0 Å². The summed E-state index contributed by atoms with van der Waals surface area (Å²) in [4.78, 5) is 19.2. The van der Waals surface area contributed by atoms with Crippen molar-refractivity contribution in [3.8, 4) is 6.07 Å². The summed E-state index contributed by atoms with van der Waals surface area (Å²) in [5, 5.41) is 15.9. The summed E-state index contributed by atoms with van der Waals surface area (Å²) in [6, 6.07) is 19.0. The third kappa shape index (κ3) is 6.04. The number of urea groups is 1. The second-order valence-corrected chi connectivity index (χ2v) is 9.19. The minimum atomic E-state index is 0.0514. The summed E-state index contributed by atoms with van der Waals surface area (Å²) in [5.41, 5.74) is 3.89. The number of piperazine rings is 1. The van der Waals surface area contributed by atoms with E-state index in [1.165, 1.54) is 5.56 Å². The van der Waals surface area contributed by atoms with Gasteiger partial charge in [-0.05, 0) is 61.7 Å². The van der Waals surface area contributed by atoms with Gasteiger partial charge in [-0.2, -0.15) is 5.26 Å². The van der Waals surface area contributed by atoms with Gasteiger partial charge in [-0.1, -0.05) is 12.1 Å². The number of hydrogen-bond donors (Lipinski definition) is 2. The Balaban J connectivity index is 1.26. The highest BCUT2D eigenvalue weighted by molar-refractivity contribution is 5.91. The number of rotatable bonds is 5. The Morgan fingerprint density at radius 2 is 1.82 bits per heavy atom. The highest BCUT2D eigenvalue weighted by atomic mass is 16.2. The van der Waals surface area contributed by atoms with E-state index in [1.807, 2.05) is 36.2 Å². The molecular weight excluding hydrogens is 412 g/mol. The molecule has 2 aromatic rings. The molecule has 2 aromatic carbocycles. The number of likely N-dealkylation sites (tertiary alicyclic amines) is 1. The SMILES string of the molecule is C[C@H]1CN(Cc2ccc(N(C)C(=O)N3CCC(Nc4ccc(C#N)cc4)CC3)cc2)CCN1. The van der Waals surface area contributed by atoms with Crippen molar-refractivity contribution in [2.75, 3.05) is 50.0 Å². The van der Waals surface area contributed by atoms with Gasteiger partial charge in [0.25, 0.3) is 0 Å². The van der Waals surface area contributed by atoms with Gasteiger partial charge < -0.3 is 15.5 Å². The van der Waals surface area contributed by atoms with Gasteiger partial charge in [0, 0.05) is 69.8 Å². The van der Waals surface area contributed by atoms with Crippen LogP contribution in [0.1, 0.15) is 30.9 Å². The molecule has 2 aliphatic heterocycles. The zero-order chi connectivity index (χ0) is 23.2. The highest BCUT2D eigenvalue weighted by Crippen LogP contribution is 2.21. The number of carbonyl (C=O) groups is 1. The molecule has 0 aromatic heterocycles. The Kier molecular flexibility index (Phi) is 7.48. The molecular formula is C26H34N6O. The van der Waals surface area contributed by atoms with E-state index in [4.69, 9.17) is 5.26 Å². The fraction of sp³-hybridized carbons (Fsp3) is 0.462. The van der Waals surface area contributed by atoms with Gasteiger partial charge in [-0.15, -0.1) is 0 Å². The van der Waals surface area contributed by atoms with E-state index in [0.29, 0.717) is 17.6 Å². The summed E-state index contributed by atoms with van der Waals surface area (Å²) in [6.07, 6.45) is 1.81. The number of hydrogen-bond acceptors (Lipinski definition) is 5. The number of benzene rings is 2. The first kappa shape index (κ1) is 23.1. The number of amides is 2.